The highest BCUT2D eigenvalue weighted by Gasteiger charge is 2.24. The molecule has 1 fully saturated rings. The van der Waals surface area contributed by atoms with E-state index in [4.69, 9.17) is 4.74 Å². The van der Waals surface area contributed by atoms with Crippen molar-refractivity contribution < 1.29 is 4.74 Å². The maximum atomic E-state index is 5.87. The predicted molar refractivity (Wildman–Crippen MR) is 88.8 cm³/mol. The largest absolute Gasteiger partial charge is 0.374 e. The third kappa shape index (κ3) is 4.80. The van der Waals surface area contributed by atoms with Gasteiger partial charge in [0.25, 0.3) is 0 Å². The average molecular weight is 290 g/mol. The van der Waals surface area contributed by atoms with Gasteiger partial charge < -0.3 is 10.1 Å². The molecule has 1 unspecified atom stereocenters. The van der Waals surface area contributed by atoms with Crippen LogP contribution < -0.4 is 5.32 Å². The molecule has 0 amide bonds. The van der Waals surface area contributed by atoms with Gasteiger partial charge in [-0.05, 0) is 19.4 Å². The van der Waals surface area contributed by atoms with Gasteiger partial charge in [-0.1, -0.05) is 44.2 Å². The number of nitrogens with zero attached hydrogens (tertiary/aromatic N) is 1. The van der Waals surface area contributed by atoms with Crippen molar-refractivity contribution in [3.05, 3.63) is 35.9 Å². The van der Waals surface area contributed by atoms with E-state index in [1.807, 2.05) is 0 Å². The van der Waals surface area contributed by atoms with E-state index in [9.17, 15) is 0 Å². The van der Waals surface area contributed by atoms with Crippen LogP contribution in [0.15, 0.2) is 30.3 Å². The molecular weight excluding hydrogens is 260 g/mol. The third-order valence-electron chi connectivity index (χ3n) is 4.39. The Labute approximate surface area is 129 Å². The minimum atomic E-state index is 0.146. The molecule has 2 rings (SSSR count). The summed E-state index contributed by atoms with van der Waals surface area (Å²) in [4.78, 5) is 2.50. The van der Waals surface area contributed by atoms with Gasteiger partial charge in [-0.3, -0.25) is 4.90 Å². The quantitative estimate of drug-likeness (QED) is 0.872. The van der Waals surface area contributed by atoms with Gasteiger partial charge in [0.1, 0.15) is 0 Å². The lowest BCUT2D eigenvalue weighted by Crippen LogP contribution is -2.50. The average Bonchev–Trinajstić information content (AvgIpc) is 2.48. The molecule has 3 heteroatoms. The smallest absolute Gasteiger partial charge is 0.0826 e. The molecule has 0 radical (unpaired) electrons. The highest BCUT2D eigenvalue weighted by atomic mass is 16.5. The SMILES string of the molecule is CC(C)N1CCOC(CNCC(C)(C)c2ccccc2)C1. The monoisotopic (exact) mass is 290 g/mol. The standard InChI is InChI=1S/C18H30N2O/c1-15(2)20-10-11-21-17(13-20)12-19-14-18(3,4)16-8-6-5-7-9-16/h5-9,15,17,19H,10-14H2,1-4H3. The van der Waals surface area contributed by atoms with E-state index in [0.717, 1.165) is 32.8 Å². The summed E-state index contributed by atoms with van der Waals surface area (Å²) in [5.41, 5.74) is 1.53. The molecule has 118 valence electrons. The van der Waals surface area contributed by atoms with Crippen LogP contribution in [-0.4, -0.2) is 49.8 Å². The summed E-state index contributed by atoms with van der Waals surface area (Å²) in [7, 11) is 0. The Hall–Kier alpha value is -0.900. The van der Waals surface area contributed by atoms with Crippen molar-refractivity contribution in [1.82, 2.24) is 10.2 Å². The number of ether oxygens (including phenoxy) is 1. The molecule has 1 heterocycles. The van der Waals surface area contributed by atoms with Crippen LogP contribution in [0.1, 0.15) is 33.3 Å². The minimum Gasteiger partial charge on any atom is -0.374 e. The molecular formula is C18H30N2O. The number of nitrogens with one attached hydrogen (secondary N) is 1. The van der Waals surface area contributed by atoms with Gasteiger partial charge in [0.15, 0.2) is 0 Å². The zero-order chi connectivity index (χ0) is 15.3. The van der Waals surface area contributed by atoms with Crippen molar-refractivity contribution in [2.24, 2.45) is 0 Å². The first-order chi connectivity index (χ1) is 9.99. The Balaban J connectivity index is 1.78. The normalized spacial score (nSPS) is 20.9. The summed E-state index contributed by atoms with van der Waals surface area (Å²) < 4.78 is 5.87. The van der Waals surface area contributed by atoms with Crippen molar-refractivity contribution in [2.45, 2.75) is 45.3 Å². The van der Waals surface area contributed by atoms with E-state index in [0.29, 0.717) is 12.1 Å². The minimum absolute atomic E-state index is 0.146. The van der Waals surface area contributed by atoms with Crippen LogP contribution in [0.25, 0.3) is 0 Å². The summed E-state index contributed by atoms with van der Waals surface area (Å²) in [6.45, 7) is 13.9. The van der Waals surface area contributed by atoms with Gasteiger partial charge in [0.05, 0.1) is 12.7 Å². The molecule has 3 nitrogen and oxygen atoms in total. The van der Waals surface area contributed by atoms with Crippen molar-refractivity contribution in [2.75, 3.05) is 32.8 Å². The van der Waals surface area contributed by atoms with Gasteiger partial charge in [0.2, 0.25) is 0 Å². The second-order valence-corrected chi connectivity index (χ2v) is 6.96. The van der Waals surface area contributed by atoms with Crippen LogP contribution in [0.5, 0.6) is 0 Å². The zero-order valence-electron chi connectivity index (χ0n) is 13.9. The highest BCUT2D eigenvalue weighted by molar-refractivity contribution is 5.23. The van der Waals surface area contributed by atoms with Crippen molar-refractivity contribution >= 4 is 0 Å². The highest BCUT2D eigenvalue weighted by Crippen LogP contribution is 2.21. The van der Waals surface area contributed by atoms with E-state index in [1.54, 1.807) is 0 Å². The fourth-order valence-electron chi connectivity index (χ4n) is 2.87. The maximum absolute atomic E-state index is 5.87. The maximum Gasteiger partial charge on any atom is 0.0826 e. The second kappa shape index (κ2) is 7.39. The predicted octanol–water partition coefficient (Wildman–Crippen LogP) is 2.66. The summed E-state index contributed by atoms with van der Waals surface area (Å²) in [5, 5.41) is 3.60. The summed E-state index contributed by atoms with van der Waals surface area (Å²) in [5.74, 6) is 0. The molecule has 0 saturated carbocycles. The number of hydrogen-bond acceptors (Lipinski definition) is 3. The van der Waals surface area contributed by atoms with Gasteiger partial charge in [-0.25, -0.2) is 0 Å². The van der Waals surface area contributed by atoms with Crippen molar-refractivity contribution in [3.63, 3.8) is 0 Å². The molecule has 1 N–H and O–H groups in total. The van der Waals surface area contributed by atoms with Crippen LogP contribution in [0.2, 0.25) is 0 Å². The fraction of sp³-hybridized carbons (Fsp3) is 0.667. The number of rotatable bonds is 6. The van der Waals surface area contributed by atoms with Crippen LogP contribution in [0.3, 0.4) is 0 Å². The Kier molecular flexibility index (Phi) is 5.80. The number of hydrogen-bond donors (Lipinski definition) is 1. The van der Waals surface area contributed by atoms with Gasteiger partial charge in [0, 0.05) is 37.6 Å². The summed E-state index contributed by atoms with van der Waals surface area (Å²) >= 11 is 0. The molecule has 0 spiro atoms. The summed E-state index contributed by atoms with van der Waals surface area (Å²) in [6.07, 6.45) is 0.313. The molecule has 0 aliphatic carbocycles. The van der Waals surface area contributed by atoms with E-state index in [-0.39, 0.29) is 5.41 Å². The van der Waals surface area contributed by atoms with Crippen molar-refractivity contribution in [1.29, 1.82) is 0 Å². The van der Waals surface area contributed by atoms with Crippen LogP contribution >= 0.6 is 0 Å². The molecule has 1 aromatic carbocycles. The zero-order valence-corrected chi connectivity index (χ0v) is 13.9. The lowest BCUT2D eigenvalue weighted by atomic mass is 9.84. The Morgan fingerprint density at radius 3 is 2.67 bits per heavy atom. The van der Waals surface area contributed by atoms with Crippen LogP contribution in [-0.2, 0) is 10.2 Å². The van der Waals surface area contributed by atoms with Crippen LogP contribution in [0, 0.1) is 0 Å². The molecule has 0 bridgehead atoms. The second-order valence-electron chi connectivity index (χ2n) is 6.96. The lowest BCUT2D eigenvalue weighted by molar-refractivity contribution is -0.0374. The molecule has 1 aliphatic heterocycles. The van der Waals surface area contributed by atoms with Gasteiger partial charge in [-0.15, -0.1) is 0 Å². The number of morpholine rings is 1. The fourth-order valence-corrected chi connectivity index (χ4v) is 2.87. The first-order valence-corrected chi connectivity index (χ1v) is 8.11. The first-order valence-electron chi connectivity index (χ1n) is 8.11. The van der Waals surface area contributed by atoms with Crippen molar-refractivity contribution in [3.8, 4) is 0 Å². The topological polar surface area (TPSA) is 24.5 Å². The van der Waals surface area contributed by atoms with Gasteiger partial charge in [-0.2, -0.15) is 0 Å². The van der Waals surface area contributed by atoms with E-state index in [2.05, 4.69) is 68.2 Å². The van der Waals surface area contributed by atoms with Crippen LogP contribution in [0.4, 0.5) is 0 Å². The molecule has 1 aliphatic rings. The van der Waals surface area contributed by atoms with E-state index >= 15 is 0 Å². The molecule has 1 saturated heterocycles. The molecule has 21 heavy (non-hydrogen) atoms. The first kappa shape index (κ1) is 16.5. The molecule has 1 aromatic rings. The lowest BCUT2D eigenvalue weighted by Gasteiger charge is -2.36. The van der Waals surface area contributed by atoms with E-state index in [1.165, 1.54) is 5.56 Å². The Bertz CT molecular complexity index is 416. The Morgan fingerprint density at radius 1 is 1.29 bits per heavy atom. The van der Waals surface area contributed by atoms with E-state index < -0.39 is 0 Å². The Morgan fingerprint density at radius 2 is 2.00 bits per heavy atom. The molecule has 0 aromatic heterocycles. The molecule has 1 atom stereocenters. The number of benzene rings is 1. The third-order valence-corrected chi connectivity index (χ3v) is 4.39. The van der Waals surface area contributed by atoms with Gasteiger partial charge >= 0.3 is 0 Å². The summed E-state index contributed by atoms with van der Waals surface area (Å²) in [6, 6.07) is 11.3.